The van der Waals surface area contributed by atoms with Gasteiger partial charge in [-0.2, -0.15) is 0 Å². The second-order valence-corrected chi connectivity index (χ2v) is 11.3. The molecule has 0 saturated heterocycles. The van der Waals surface area contributed by atoms with Crippen LogP contribution in [-0.2, 0) is 38.4 Å². The Bertz CT molecular complexity index is 1720. The van der Waals surface area contributed by atoms with E-state index in [9.17, 15) is 29.4 Å². The molecule has 0 aliphatic carbocycles. The van der Waals surface area contributed by atoms with Crippen molar-refractivity contribution in [2.45, 2.75) is 56.3 Å². The Morgan fingerprint density at radius 1 is 0.854 bits per heavy atom. The number of aromatic hydroxyl groups is 1. The molecule has 254 valence electrons. The van der Waals surface area contributed by atoms with Crippen molar-refractivity contribution in [3.63, 3.8) is 0 Å². The van der Waals surface area contributed by atoms with Crippen LogP contribution in [-0.4, -0.2) is 85.5 Å². The van der Waals surface area contributed by atoms with Gasteiger partial charge in [0.15, 0.2) is 5.96 Å². The minimum absolute atomic E-state index is 0.00977. The van der Waals surface area contributed by atoms with Gasteiger partial charge in [-0.15, -0.1) is 0 Å². The second-order valence-electron chi connectivity index (χ2n) is 11.3. The van der Waals surface area contributed by atoms with E-state index in [-0.39, 0.29) is 50.4 Å². The Morgan fingerprint density at radius 2 is 1.54 bits per heavy atom. The molecule has 16 nitrogen and oxygen atoms in total. The number of imidazole rings is 1. The normalized spacial score (nSPS) is 13.5. The Morgan fingerprint density at radius 3 is 2.23 bits per heavy atom. The molecule has 3 amide bonds. The van der Waals surface area contributed by atoms with Crippen LogP contribution in [0.15, 0.2) is 72.2 Å². The fraction of sp³-hybridized carbons (Fsp3) is 0.312. The number of carbonyl (C=O) groups excluding carboxylic acids is 3. The van der Waals surface area contributed by atoms with Gasteiger partial charge in [-0.05, 0) is 48.6 Å². The van der Waals surface area contributed by atoms with Crippen LogP contribution in [0, 0.1) is 0 Å². The third-order valence-corrected chi connectivity index (χ3v) is 7.63. The highest BCUT2D eigenvalue weighted by Gasteiger charge is 2.31. The minimum Gasteiger partial charge on any atom is -0.508 e. The number of para-hydroxylation sites is 1. The number of amides is 3. The maximum absolute atomic E-state index is 13.7. The maximum Gasteiger partial charge on any atom is 0.326 e. The largest absolute Gasteiger partial charge is 0.508 e. The zero-order valence-corrected chi connectivity index (χ0v) is 26.1. The minimum atomic E-state index is -1.31. The predicted molar refractivity (Wildman–Crippen MR) is 177 cm³/mol. The number of fused-ring (bicyclic) bond motifs is 1. The molecule has 0 aliphatic rings. The quantitative estimate of drug-likeness (QED) is 0.0395. The molecule has 2 aromatic carbocycles. The highest BCUT2D eigenvalue weighted by Crippen LogP contribution is 2.19. The highest BCUT2D eigenvalue weighted by molar-refractivity contribution is 5.94. The Labute approximate surface area is 275 Å². The van der Waals surface area contributed by atoms with Gasteiger partial charge in [-0.25, -0.2) is 9.78 Å². The number of hydrogen-bond acceptors (Lipinski definition) is 8. The zero-order chi connectivity index (χ0) is 34.6. The first-order valence-corrected chi connectivity index (χ1v) is 15.2. The number of benzene rings is 2. The average molecular weight is 661 g/mol. The number of phenolic OH excluding ortho intramolecular Hbond substituents is 1. The number of carboxylic acid groups (broad SMARTS) is 1. The van der Waals surface area contributed by atoms with Crippen LogP contribution in [0.4, 0.5) is 0 Å². The molecular weight excluding hydrogens is 620 g/mol. The summed E-state index contributed by atoms with van der Waals surface area (Å²) in [7, 11) is 0. The molecule has 0 spiro atoms. The number of carbonyl (C=O) groups is 4. The molecule has 4 atom stereocenters. The summed E-state index contributed by atoms with van der Waals surface area (Å²) >= 11 is 0. The number of aromatic nitrogens is 3. The van der Waals surface area contributed by atoms with Crippen molar-refractivity contribution in [2.24, 2.45) is 22.2 Å². The number of H-pyrrole nitrogens is 2. The van der Waals surface area contributed by atoms with Gasteiger partial charge in [0.25, 0.3) is 0 Å². The molecule has 16 heteroatoms. The van der Waals surface area contributed by atoms with E-state index in [1.807, 2.05) is 24.3 Å². The van der Waals surface area contributed by atoms with Crippen LogP contribution < -0.4 is 33.2 Å². The van der Waals surface area contributed by atoms with Crippen LogP contribution in [0.2, 0.25) is 0 Å². The monoisotopic (exact) mass is 660 g/mol. The van der Waals surface area contributed by atoms with Crippen molar-refractivity contribution < 1.29 is 29.4 Å². The third kappa shape index (κ3) is 10.1. The molecule has 4 unspecified atom stereocenters. The third-order valence-electron chi connectivity index (χ3n) is 7.63. The van der Waals surface area contributed by atoms with Crippen LogP contribution >= 0.6 is 0 Å². The van der Waals surface area contributed by atoms with E-state index in [1.165, 1.54) is 24.7 Å². The SMILES string of the molecule is NC(N)=NCCCC(NC(=O)C(Cc1cnc[nH]1)NC(=O)C(N)Cc1ccc(O)cc1)C(=O)NC(Cc1c[nH]c2ccccc12)C(=O)O. The number of phenols is 1. The first-order valence-electron chi connectivity index (χ1n) is 15.2. The summed E-state index contributed by atoms with van der Waals surface area (Å²) in [6, 6.07) is 8.85. The van der Waals surface area contributed by atoms with Gasteiger partial charge >= 0.3 is 5.97 Å². The van der Waals surface area contributed by atoms with Crippen LogP contribution in [0.1, 0.15) is 29.7 Å². The molecule has 2 heterocycles. The number of aliphatic imine (C=N–C) groups is 1. The molecule has 2 aromatic heterocycles. The zero-order valence-electron chi connectivity index (χ0n) is 26.1. The van der Waals surface area contributed by atoms with Crippen LogP contribution in [0.25, 0.3) is 10.9 Å². The first-order chi connectivity index (χ1) is 23.0. The summed E-state index contributed by atoms with van der Waals surface area (Å²) in [6.07, 6.45) is 5.03. The van der Waals surface area contributed by atoms with Gasteiger partial charge in [0.1, 0.15) is 23.9 Å². The van der Waals surface area contributed by atoms with Gasteiger partial charge in [0, 0.05) is 48.4 Å². The lowest BCUT2D eigenvalue weighted by atomic mass is 10.0. The van der Waals surface area contributed by atoms with Gasteiger partial charge in [-0.3, -0.25) is 19.4 Å². The fourth-order valence-corrected chi connectivity index (χ4v) is 5.12. The van der Waals surface area contributed by atoms with Gasteiger partial charge in [0.05, 0.1) is 12.4 Å². The van der Waals surface area contributed by atoms with Crippen molar-refractivity contribution in [1.29, 1.82) is 0 Å². The summed E-state index contributed by atoms with van der Waals surface area (Å²) in [6.45, 7) is 0.153. The van der Waals surface area contributed by atoms with Gasteiger partial charge < -0.3 is 53.3 Å². The van der Waals surface area contributed by atoms with Crippen molar-refractivity contribution in [3.8, 4) is 5.75 Å². The van der Waals surface area contributed by atoms with Crippen molar-refractivity contribution in [1.82, 2.24) is 30.9 Å². The summed E-state index contributed by atoms with van der Waals surface area (Å²) in [5.74, 6) is -3.41. The number of nitrogens with two attached hydrogens (primary N) is 3. The van der Waals surface area contributed by atoms with E-state index in [0.29, 0.717) is 16.8 Å². The molecule has 0 saturated carbocycles. The number of rotatable bonds is 17. The molecule has 0 bridgehead atoms. The predicted octanol–water partition coefficient (Wildman–Crippen LogP) is -0.456. The molecule has 13 N–H and O–H groups in total. The highest BCUT2D eigenvalue weighted by atomic mass is 16.4. The number of nitrogens with zero attached hydrogens (tertiary/aromatic N) is 2. The number of aliphatic carboxylic acids is 1. The smallest absolute Gasteiger partial charge is 0.326 e. The molecule has 0 fully saturated rings. The van der Waals surface area contributed by atoms with Crippen molar-refractivity contribution in [2.75, 3.05) is 6.54 Å². The van der Waals surface area contributed by atoms with Gasteiger partial charge in [0.2, 0.25) is 17.7 Å². The summed E-state index contributed by atoms with van der Waals surface area (Å²) in [5.41, 5.74) is 19.7. The van der Waals surface area contributed by atoms with E-state index in [4.69, 9.17) is 17.2 Å². The van der Waals surface area contributed by atoms with E-state index in [1.54, 1.807) is 18.3 Å². The van der Waals surface area contributed by atoms with E-state index < -0.39 is 47.9 Å². The molecule has 4 aromatic rings. The topological polar surface area (TPSA) is 280 Å². The van der Waals surface area contributed by atoms with E-state index >= 15 is 0 Å². The lowest BCUT2D eigenvalue weighted by Gasteiger charge is -2.25. The standard InChI is InChI=1S/C32H40N10O6/c33-23(12-18-7-9-21(43)10-8-18)28(44)41-26(14-20-16-36-17-39-20)30(46)40-25(6-3-11-37-32(34)35)29(45)42-27(31(47)48)13-19-15-38-24-5-2-1-4-22(19)24/h1-2,4-5,7-10,15-17,23,25-27,38,43H,3,6,11-14,33H2,(H,36,39)(H,40,46)(H,41,44)(H,42,45)(H,47,48)(H4,34,35,37). The van der Waals surface area contributed by atoms with Gasteiger partial charge in [-0.1, -0.05) is 30.3 Å². The number of carboxylic acids is 1. The number of guanidine groups is 1. The van der Waals surface area contributed by atoms with Crippen molar-refractivity contribution in [3.05, 3.63) is 84.1 Å². The summed E-state index contributed by atoms with van der Waals surface area (Å²) in [5, 5.41) is 28.2. The second kappa shape index (κ2) is 16.6. The molecule has 4 rings (SSSR count). The van der Waals surface area contributed by atoms with Crippen LogP contribution in [0.5, 0.6) is 5.75 Å². The molecular formula is C32H40N10O6. The molecule has 0 aliphatic heterocycles. The van der Waals surface area contributed by atoms with Crippen molar-refractivity contribution >= 4 is 40.6 Å². The van der Waals surface area contributed by atoms with E-state index in [2.05, 4.69) is 35.9 Å². The Hall–Kier alpha value is -5.90. The first kappa shape index (κ1) is 35.0. The van der Waals surface area contributed by atoms with Crippen LogP contribution in [0.3, 0.4) is 0 Å². The number of nitrogens with one attached hydrogen (secondary N) is 5. The lowest BCUT2D eigenvalue weighted by molar-refractivity contribution is -0.142. The lowest BCUT2D eigenvalue weighted by Crippen LogP contribution is -2.58. The fourth-order valence-electron chi connectivity index (χ4n) is 5.12. The molecule has 0 radical (unpaired) electrons. The molecule has 48 heavy (non-hydrogen) atoms. The summed E-state index contributed by atoms with van der Waals surface area (Å²) in [4.78, 5) is 66.6. The maximum atomic E-state index is 13.7. The number of hydrogen-bond donors (Lipinski definition) is 10. The Balaban J connectivity index is 1.50. The Kier molecular flexibility index (Phi) is 12.1. The average Bonchev–Trinajstić information content (AvgIpc) is 3.72. The number of aromatic amines is 2. The summed E-state index contributed by atoms with van der Waals surface area (Å²) < 4.78 is 0. The van der Waals surface area contributed by atoms with E-state index in [0.717, 1.165) is 10.9 Å².